The van der Waals surface area contributed by atoms with Crippen LogP contribution in [0.3, 0.4) is 0 Å². The normalized spacial score (nSPS) is 10.3. The van der Waals surface area contributed by atoms with Gasteiger partial charge in [0.15, 0.2) is 0 Å². The van der Waals surface area contributed by atoms with E-state index in [0.29, 0.717) is 0 Å². The van der Waals surface area contributed by atoms with Gasteiger partial charge in [0.25, 0.3) is 0 Å². The number of hydrogen-bond donors (Lipinski definition) is 2. The lowest BCUT2D eigenvalue weighted by molar-refractivity contribution is 0.475. The molecule has 0 amide bonds. The van der Waals surface area contributed by atoms with Crippen LogP contribution in [0.2, 0.25) is 0 Å². The van der Waals surface area contributed by atoms with E-state index in [1.807, 2.05) is 42.5 Å². The van der Waals surface area contributed by atoms with Crippen LogP contribution in [0.4, 0.5) is 10.8 Å². The summed E-state index contributed by atoms with van der Waals surface area (Å²) in [6, 6.07) is 16.8. The van der Waals surface area contributed by atoms with Gasteiger partial charge in [0.1, 0.15) is 10.8 Å². The molecule has 1 aromatic heterocycles. The molecule has 0 spiro atoms. The van der Waals surface area contributed by atoms with Crippen molar-refractivity contribution in [2.75, 3.05) is 5.32 Å². The van der Waals surface area contributed by atoms with Crippen molar-refractivity contribution in [1.82, 2.24) is 10.2 Å². The van der Waals surface area contributed by atoms with Crippen molar-refractivity contribution in [3.8, 4) is 16.3 Å². The molecule has 3 rings (SSSR count). The highest BCUT2D eigenvalue weighted by molar-refractivity contribution is 7.18. The quantitative estimate of drug-likeness (QED) is 0.762. The van der Waals surface area contributed by atoms with Crippen molar-refractivity contribution in [1.29, 1.82) is 0 Å². The number of aromatic hydroxyl groups is 1. The number of nitrogens with one attached hydrogen (secondary N) is 1. The Kier molecular flexibility index (Phi) is 3.12. The van der Waals surface area contributed by atoms with E-state index in [-0.39, 0.29) is 5.75 Å². The summed E-state index contributed by atoms with van der Waals surface area (Å²) in [6.07, 6.45) is 0. The molecule has 3 aromatic rings. The van der Waals surface area contributed by atoms with Gasteiger partial charge in [0.05, 0.1) is 0 Å². The Morgan fingerprint density at radius 1 is 0.895 bits per heavy atom. The van der Waals surface area contributed by atoms with Crippen molar-refractivity contribution in [2.24, 2.45) is 0 Å². The first kappa shape index (κ1) is 11.7. The van der Waals surface area contributed by atoms with E-state index in [4.69, 9.17) is 0 Å². The highest BCUT2D eigenvalue weighted by Crippen LogP contribution is 2.28. The standard InChI is InChI=1S/C14H11N3OS/c18-12-8-6-10(7-9-12)13-16-17-14(19-13)15-11-4-2-1-3-5-11/h1-9,18H,(H,15,17). The largest absolute Gasteiger partial charge is 0.508 e. The molecule has 94 valence electrons. The van der Waals surface area contributed by atoms with Crippen LogP contribution in [0.1, 0.15) is 0 Å². The third-order valence-corrected chi connectivity index (χ3v) is 3.45. The second-order valence-corrected chi connectivity index (χ2v) is 4.93. The Balaban J connectivity index is 1.82. The van der Waals surface area contributed by atoms with E-state index >= 15 is 0 Å². The SMILES string of the molecule is Oc1ccc(-c2nnc(Nc3ccccc3)s2)cc1. The van der Waals surface area contributed by atoms with Crippen LogP contribution in [-0.2, 0) is 0 Å². The Morgan fingerprint density at radius 2 is 1.63 bits per heavy atom. The minimum atomic E-state index is 0.246. The van der Waals surface area contributed by atoms with Gasteiger partial charge in [0.2, 0.25) is 5.13 Å². The molecule has 0 fully saturated rings. The third kappa shape index (κ3) is 2.71. The zero-order valence-electron chi connectivity index (χ0n) is 9.95. The van der Waals surface area contributed by atoms with Crippen molar-refractivity contribution in [3.05, 3.63) is 54.6 Å². The Morgan fingerprint density at radius 3 is 2.37 bits per heavy atom. The summed E-state index contributed by atoms with van der Waals surface area (Å²) in [5.41, 5.74) is 1.92. The van der Waals surface area contributed by atoms with Crippen LogP contribution in [0, 0.1) is 0 Å². The molecular formula is C14H11N3OS. The number of hydrogen-bond acceptors (Lipinski definition) is 5. The molecule has 19 heavy (non-hydrogen) atoms. The number of aromatic nitrogens is 2. The third-order valence-electron chi connectivity index (χ3n) is 2.56. The molecule has 1 heterocycles. The molecule has 0 aliphatic carbocycles. The summed E-state index contributed by atoms with van der Waals surface area (Å²) in [7, 11) is 0. The van der Waals surface area contributed by atoms with Crippen LogP contribution in [0.15, 0.2) is 54.6 Å². The molecular weight excluding hydrogens is 258 g/mol. The zero-order valence-corrected chi connectivity index (χ0v) is 10.8. The number of anilines is 2. The predicted molar refractivity (Wildman–Crippen MR) is 76.7 cm³/mol. The van der Waals surface area contributed by atoms with Gasteiger partial charge in [-0.2, -0.15) is 0 Å². The first-order valence-corrected chi connectivity index (χ1v) is 6.58. The van der Waals surface area contributed by atoms with E-state index in [0.717, 1.165) is 21.4 Å². The molecule has 0 aliphatic rings. The van der Waals surface area contributed by atoms with Gasteiger partial charge >= 0.3 is 0 Å². The van der Waals surface area contributed by atoms with E-state index < -0.39 is 0 Å². The lowest BCUT2D eigenvalue weighted by Crippen LogP contribution is -1.87. The number of para-hydroxylation sites is 1. The lowest BCUT2D eigenvalue weighted by atomic mass is 10.2. The van der Waals surface area contributed by atoms with Crippen LogP contribution in [-0.4, -0.2) is 15.3 Å². The van der Waals surface area contributed by atoms with Crippen molar-refractivity contribution >= 4 is 22.2 Å². The molecule has 0 unspecified atom stereocenters. The molecule has 4 nitrogen and oxygen atoms in total. The minimum Gasteiger partial charge on any atom is -0.508 e. The molecule has 0 radical (unpaired) electrons. The Bertz CT molecular complexity index is 665. The average molecular weight is 269 g/mol. The molecule has 0 atom stereocenters. The first-order chi connectivity index (χ1) is 9.31. The Hall–Kier alpha value is -2.40. The highest BCUT2D eigenvalue weighted by Gasteiger charge is 2.06. The van der Waals surface area contributed by atoms with Gasteiger partial charge in [-0.05, 0) is 36.4 Å². The van der Waals surface area contributed by atoms with Gasteiger partial charge < -0.3 is 10.4 Å². The fraction of sp³-hybridized carbons (Fsp3) is 0. The van der Waals surface area contributed by atoms with E-state index in [2.05, 4.69) is 15.5 Å². The summed E-state index contributed by atoms with van der Waals surface area (Å²) >= 11 is 1.47. The minimum absolute atomic E-state index is 0.246. The molecule has 0 aliphatic heterocycles. The van der Waals surface area contributed by atoms with Crippen LogP contribution < -0.4 is 5.32 Å². The first-order valence-electron chi connectivity index (χ1n) is 5.76. The number of nitrogens with zero attached hydrogens (tertiary/aromatic N) is 2. The maximum absolute atomic E-state index is 9.26. The van der Waals surface area contributed by atoms with Gasteiger partial charge in [-0.1, -0.05) is 29.5 Å². The fourth-order valence-electron chi connectivity index (χ4n) is 1.64. The topological polar surface area (TPSA) is 58.0 Å². The van der Waals surface area contributed by atoms with Crippen molar-refractivity contribution < 1.29 is 5.11 Å². The monoisotopic (exact) mass is 269 g/mol. The zero-order chi connectivity index (χ0) is 13.1. The average Bonchev–Trinajstić information content (AvgIpc) is 2.89. The van der Waals surface area contributed by atoms with E-state index in [1.54, 1.807) is 12.1 Å². The molecule has 0 saturated heterocycles. The summed E-state index contributed by atoms with van der Waals surface area (Å²) in [5, 5.41) is 22.3. The van der Waals surface area contributed by atoms with E-state index in [1.165, 1.54) is 11.3 Å². The Labute approximate surface area is 114 Å². The van der Waals surface area contributed by atoms with Gasteiger partial charge in [-0.3, -0.25) is 0 Å². The number of phenols is 1. The summed E-state index contributed by atoms with van der Waals surface area (Å²) in [6.45, 7) is 0. The van der Waals surface area contributed by atoms with Crippen LogP contribution in [0.5, 0.6) is 5.75 Å². The van der Waals surface area contributed by atoms with Gasteiger partial charge in [-0.25, -0.2) is 0 Å². The van der Waals surface area contributed by atoms with Crippen LogP contribution in [0.25, 0.3) is 10.6 Å². The number of rotatable bonds is 3. The fourth-order valence-corrected chi connectivity index (χ4v) is 2.41. The highest BCUT2D eigenvalue weighted by atomic mass is 32.1. The predicted octanol–water partition coefficient (Wildman–Crippen LogP) is 3.65. The summed E-state index contributed by atoms with van der Waals surface area (Å²) in [5.74, 6) is 0.246. The summed E-state index contributed by atoms with van der Waals surface area (Å²) < 4.78 is 0. The van der Waals surface area contributed by atoms with Gasteiger partial charge in [0, 0.05) is 11.3 Å². The molecule has 5 heteroatoms. The molecule has 2 N–H and O–H groups in total. The van der Waals surface area contributed by atoms with Crippen LogP contribution >= 0.6 is 11.3 Å². The maximum Gasteiger partial charge on any atom is 0.210 e. The number of benzene rings is 2. The van der Waals surface area contributed by atoms with Gasteiger partial charge in [-0.15, -0.1) is 10.2 Å². The summed E-state index contributed by atoms with van der Waals surface area (Å²) in [4.78, 5) is 0. The lowest BCUT2D eigenvalue weighted by Gasteiger charge is -1.99. The second-order valence-electron chi connectivity index (χ2n) is 3.95. The van der Waals surface area contributed by atoms with E-state index in [9.17, 15) is 5.11 Å². The maximum atomic E-state index is 9.26. The second kappa shape index (κ2) is 5.07. The molecule has 2 aromatic carbocycles. The molecule has 0 bridgehead atoms. The molecule has 0 saturated carbocycles. The number of phenolic OH excluding ortho intramolecular Hbond substituents is 1. The van der Waals surface area contributed by atoms with Crippen molar-refractivity contribution in [2.45, 2.75) is 0 Å². The smallest absolute Gasteiger partial charge is 0.210 e. The van der Waals surface area contributed by atoms with Crippen molar-refractivity contribution in [3.63, 3.8) is 0 Å².